The fourth-order valence-electron chi connectivity index (χ4n) is 2.68. The van der Waals surface area contributed by atoms with E-state index in [0.717, 1.165) is 18.3 Å². The maximum atomic E-state index is 9.92. The topological polar surface area (TPSA) is 20.2 Å². The molecule has 0 amide bonds. The van der Waals surface area contributed by atoms with Crippen molar-refractivity contribution < 1.29 is 5.11 Å². The second-order valence-corrected chi connectivity index (χ2v) is 5.32. The van der Waals surface area contributed by atoms with Gasteiger partial charge in [0.2, 0.25) is 0 Å². The molecule has 3 atom stereocenters. The van der Waals surface area contributed by atoms with Gasteiger partial charge in [-0.25, -0.2) is 0 Å². The second kappa shape index (κ2) is 4.00. The summed E-state index contributed by atoms with van der Waals surface area (Å²) in [5.41, 5.74) is 0.212. The average molecular weight is 184 g/mol. The predicted molar refractivity (Wildman–Crippen MR) is 56.6 cm³/mol. The van der Waals surface area contributed by atoms with E-state index in [2.05, 4.69) is 27.7 Å². The highest BCUT2D eigenvalue weighted by molar-refractivity contribution is 4.91. The maximum absolute atomic E-state index is 9.92. The lowest BCUT2D eigenvalue weighted by Crippen LogP contribution is -2.29. The lowest BCUT2D eigenvalue weighted by atomic mass is 9.79. The molecule has 0 aliphatic heterocycles. The summed E-state index contributed by atoms with van der Waals surface area (Å²) in [5, 5.41) is 9.92. The Labute approximate surface area is 82.5 Å². The van der Waals surface area contributed by atoms with Crippen LogP contribution in [-0.4, -0.2) is 11.2 Å². The predicted octanol–water partition coefficient (Wildman–Crippen LogP) is 3.22. The summed E-state index contributed by atoms with van der Waals surface area (Å²) in [6.07, 6.45) is 4.56. The van der Waals surface area contributed by atoms with Crippen LogP contribution >= 0.6 is 0 Å². The minimum absolute atomic E-state index is 0.0868. The van der Waals surface area contributed by atoms with Crippen molar-refractivity contribution in [2.45, 2.75) is 59.5 Å². The molecule has 0 saturated heterocycles. The van der Waals surface area contributed by atoms with Gasteiger partial charge in [0.05, 0.1) is 6.10 Å². The average Bonchev–Trinajstić information content (AvgIpc) is 2.48. The van der Waals surface area contributed by atoms with Crippen LogP contribution in [0.2, 0.25) is 0 Å². The molecule has 0 aromatic heterocycles. The van der Waals surface area contributed by atoms with E-state index in [1.165, 1.54) is 19.3 Å². The summed E-state index contributed by atoms with van der Waals surface area (Å²) >= 11 is 0. The molecule has 1 aliphatic rings. The van der Waals surface area contributed by atoms with Gasteiger partial charge in [0, 0.05) is 0 Å². The Morgan fingerprint density at radius 1 is 1.46 bits per heavy atom. The maximum Gasteiger partial charge on any atom is 0.0591 e. The monoisotopic (exact) mass is 184 g/mol. The van der Waals surface area contributed by atoms with Gasteiger partial charge >= 0.3 is 0 Å². The summed E-state index contributed by atoms with van der Waals surface area (Å²) in [4.78, 5) is 0. The molecule has 1 aliphatic carbocycles. The van der Waals surface area contributed by atoms with Gasteiger partial charge in [-0.2, -0.15) is 0 Å². The molecule has 1 heteroatoms. The first-order valence-corrected chi connectivity index (χ1v) is 5.67. The number of hydrogen-bond acceptors (Lipinski definition) is 1. The molecular weight excluding hydrogens is 160 g/mol. The van der Waals surface area contributed by atoms with Crippen molar-refractivity contribution in [3.63, 3.8) is 0 Å². The molecule has 0 heterocycles. The Hall–Kier alpha value is -0.0400. The van der Waals surface area contributed by atoms with Crippen molar-refractivity contribution in [3.05, 3.63) is 0 Å². The minimum atomic E-state index is -0.0868. The van der Waals surface area contributed by atoms with E-state index in [-0.39, 0.29) is 11.5 Å². The van der Waals surface area contributed by atoms with Gasteiger partial charge in [-0.1, -0.05) is 27.7 Å². The third-order valence-corrected chi connectivity index (χ3v) is 3.95. The van der Waals surface area contributed by atoms with Crippen LogP contribution < -0.4 is 0 Å². The Kier molecular flexibility index (Phi) is 3.39. The van der Waals surface area contributed by atoms with Crippen LogP contribution in [0.5, 0.6) is 0 Å². The van der Waals surface area contributed by atoms with E-state index in [4.69, 9.17) is 0 Å². The Morgan fingerprint density at radius 2 is 2.08 bits per heavy atom. The number of aliphatic hydroxyl groups is 1. The van der Waals surface area contributed by atoms with Crippen LogP contribution in [0.15, 0.2) is 0 Å². The summed E-state index contributed by atoms with van der Waals surface area (Å²) < 4.78 is 0. The molecule has 1 rings (SSSR count). The quantitative estimate of drug-likeness (QED) is 0.714. The minimum Gasteiger partial charge on any atom is -0.393 e. The normalized spacial score (nSPS) is 36.9. The van der Waals surface area contributed by atoms with E-state index in [1.54, 1.807) is 0 Å². The van der Waals surface area contributed by atoms with Gasteiger partial charge in [-0.05, 0) is 42.9 Å². The summed E-state index contributed by atoms with van der Waals surface area (Å²) in [7, 11) is 0. The van der Waals surface area contributed by atoms with Crippen LogP contribution in [0.3, 0.4) is 0 Å². The molecular formula is C12H24O. The van der Waals surface area contributed by atoms with Gasteiger partial charge in [0.25, 0.3) is 0 Å². The van der Waals surface area contributed by atoms with Crippen molar-refractivity contribution in [2.75, 3.05) is 0 Å². The molecule has 0 radical (unpaired) electrons. The molecule has 0 bridgehead atoms. The smallest absolute Gasteiger partial charge is 0.0591 e. The highest BCUT2D eigenvalue weighted by atomic mass is 16.3. The first-order chi connectivity index (χ1) is 5.99. The lowest BCUT2D eigenvalue weighted by Gasteiger charge is -2.30. The molecule has 78 valence electrons. The number of hydrogen-bond donors (Lipinski definition) is 1. The van der Waals surface area contributed by atoms with Gasteiger partial charge in [0.1, 0.15) is 0 Å². The molecule has 1 fully saturated rings. The number of rotatable bonds is 3. The van der Waals surface area contributed by atoms with Crippen LogP contribution in [0.25, 0.3) is 0 Å². The first kappa shape index (κ1) is 11.0. The largest absolute Gasteiger partial charge is 0.393 e. The standard InChI is InChI=1S/C12H24O/c1-5-11(13)12(4)7-6-10(8-12)9(2)3/h9-11,13H,5-8H2,1-4H3/t10-,11?,12+/m0/s1. The van der Waals surface area contributed by atoms with E-state index in [0.29, 0.717) is 0 Å². The second-order valence-electron chi connectivity index (χ2n) is 5.32. The highest BCUT2D eigenvalue weighted by Crippen LogP contribution is 2.47. The highest BCUT2D eigenvalue weighted by Gasteiger charge is 2.40. The molecule has 1 unspecified atom stereocenters. The van der Waals surface area contributed by atoms with Crippen molar-refractivity contribution in [1.29, 1.82) is 0 Å². The SMILES string of the molecule is CCC(O)[C@]1(C)CC[C@H](C(C)C)C1. The van der Waals surface area contributed by atoms with Gasteiger partial charge < -0.3 is 5.11 Å². The molecule has 0 aromatic rings. The van der Waals surface area contributed by atoms with E-state index < -0.39 is 0 Å². The first-order valence-electron chi connectivity index (χ1n) is 5.67. The molecule has 1 nitrogen and oxygen atoms in total. The van der Waals surface area contributed by atoms with Crippen molar-refractivity contribution in [1.82, 2.24) is 0 Å². The Morgan fingerprint density at radius 3 is 2.46 bits per heavy atom. The Bertz CT molecular complexity index is 165. The Balaban J connectivity index is 2.55. The van der Waals surface area contributed by atoms with Crippen LogP contribution in [-0.2, 0) is 0 Å². The third kappa shape index (κ3) is 2.25. The summed E-state index contributed by atoms with van der Waals surface area (Å²) in [6, 6.07) is 0. The van der Waals surface area contributed by atoms with E-state index in [9.17, 15) is 5.11 Å². The van der Waals surface area contributed by atoms with Crippen LogP contribution in [0.4, 0.5) is 0 Å². The van der Waals surface area contributed by atoms with Crippen molar-refractivity contribution >= 4 is 0 Å². The van der Waals surface area contributed by atoms with Crippen molar-refractivity contribution in [2.24, 2.45) is 17.3 Å². The van der Waals surface area contributed by atoms with Gasteiger partial charge in [-0.3, -0.25) is 0 Å². The third-order valence-electron chi connectivity index (χ3n) is 3.95. The molecule has 13 heavy (non-hydrogen) atoms. The van der Waals surface area contributed by atoms with Gasteiger partial charge in [-0.15, -0.1) is 0 Å². The summed E-state index contributed by atoms with van der Waals surface area (Å²) in [6.45, 7) is 8.94. The van der Waals surface area contributed by atoms with Gasteiger partial charge in [0.15, 0.2) is 0 Å². The lowest BCUT2D eigenvalue weighted by molar-refractivity contribution is 0.0346. The zero-order valence-electron chi connectivity index (χ0n) is 9.51. The summed E-state index contributed by atoms with van der Waals surface area (Å²) in [5.74, 6) is 1.62. The van der Waals surface area contributed by atoms with Crippen LogP contribution in [0.1, 0.15) is 53.4 Å². The zero-order chi connectivity index (χ0) is 10.1. The van der Waals surface area contributed by atoms with E-state index >= 15 is 0 Å². The fraction of sp³-hybridized carbons (Fsp3) is 1.00. The molecule has 0 spiro atoms. The van der Waals surface area contributed by atoms with Crippen LogP contribution in [0, 0.1) is 17.3 Å². The zero-order valence-corrected chi connectivity index (χ0v) is 9.51. The molecule has 0 aromatic carbocycles. The number of aliphatic hydroxyl groups excluding tert-OH is 1. The molecule has 1 N–H and O–H groups in total. The van der Waals surface area contributed by atoms with E-state index in [1.807, 2.05) is 0 Å². The van der Waals surface area contributed by atoms with Crippen molar-refractivity contribution in [3.8, 4) is 0 Å². The fourth-order valence-corrected chi connectivity index (χ4v) is 2.68. The molecule has 1 saturated carbocycles.